The number of benzene rings is 3. The molecule has 5 atom stereocenters. The number of rotatable bonds is 15. The Hall–Kier alpha value is -4.48. The van der Waals surface area contributed by atoms with E-state index in [9.17, 15) is 28.4 Å². The van der Waals surface area contributed by atoms with Crippen LogP contribution in [0.15, 0.2) is 71.6 Å². The van der Waals surface area contributed by atoms with Crippen LogP contribution in [0.1, 0.15) is 31.4 Å². The highest BCUT2D eigenvalue weighted by Crippen LogP contribution is 2.35. The molecular formula is C35H41N3O12S. The van der Waals surface area contributed by atoms with Crippen LogP contribution in [0, 0.1) is 22.0 Å². The largest absolute Gasteiger partial charge is 0.489 e. The van der Waals surface area contributed by atoms with Crippen LogP contribution in [-0.4, -0.2) is 86.5 Å². The SMILES string of the molecule is CC(C)CN(C[C@@H](O)[C@H](Cc1ccc(OCc2cccc([N+](=O)[O-])c2)cc1)NC(=O)O[C@H]1CO[C@H]2OCCC21)S(=O)(=O)c1ccc2c(c1)OCO2. The van der Waals surface area contributed by atoms with Crippen LogP contribution in [0.3, 0.4) is 0 Å². The summed E-state index contributed by atoms with van der Waals surface area (Å²) >= 11 is 0. The molecule has 3 heterocycles. The van der Waals surface area contributed by atoms with E-state index in [4.69, 9.17) is 28.4 Å². The van der Waals surface area contributed by atoms with Crippen LogP contribution in [0.25, 0.3) is 0 Å². The molecule has 6 rings (SSSR count). The molecule has 1 unspecified atom stereocenters. The molecular weight excluding hydrogens is 686 g/mol. The molecule has 3 aromatic rings. The highest BCUT2D eigenvalue weighted by atomic mass is 32.2. The average molecular weight is 728 g/mol. The number of nitro benzene ring substituents is 1. The number of aliphatic hydroxyl groups excluding tert-OH is 1. The Kier molecular flexibility index (Phi) is 11.3. The number of carbonyl (C=O) groups is 1. The summed E-state index contributed by atoms with van der Waals surface area (Å²) < 4.78 is 62.5. The van der Waals surface area contributed by atoms with Gasteiger partial charge in [0.1, 0.15) is 18.5 Å². The van der Waals surface area contributed by atoms with Gasteiger partial charge in [0.2, 0.25) is 16.8 Å². The number of nitrogens with zero attached hydrogens (tertiary/aromatic N) is 2. The minimum atomic E-state index is -4.11. The number of sulfonamides is 1. The van der Waals surface area contributed by atoms with Gasteiger partial charge in [-0.25, -0.2) is 13.2 Å². The van der Waals surface area contributed by atoms with Crippen molar-refractivity contribution < 1.29 is 51.7 Å². The molecule has 0 spiro atoms. The Balaban J connectivity index is 1.17. The van der Waals surface area contributed by atoms with Gasteiger partial charge >= 0.3 is 6.09 Å². The van der Waals surface area contributed by atoms with Gasteiger partial charge in [-0.2, -0.15) is 4.31 Å². The first-order chi connectivity index (χ1) is 24.5. The molecule has 3 aliphatic heterocycles. The zero-order valence-electron chi connectivity index (χ0n) is 28.2. The zero-order valence-corrected chi connectivity index (χ0v) is 29.0. The van der Waals surface area contributed by atoms with Gasteiger partial charge in [-0.3, -0.25) is 10.1 Å². The van der Waals surface area contributed by atoms with E-state index in [1.807, 2.05) is 13.8 Å². The summed E-state index contributed by atoms with van der Waals surface area (Å²) in [6.07, 6.45) is -2.27. The van der Waals surface area contributed by atoms with E-state index in [1.54, 1.807) is 36.4 Å². The molecule has 3 aromatic carbocycles. The lowest BCUT2D eigenvalue weighted by atomic mass is 10.0. The number of amides is 1. The first kappa shape index (κ1) is 36.3. The Bertz CT molecular complexity index is 1810. The average Bonchev–Trinajstić information content (AvgIpc) is 3.86. The number of fused-ring (bicyclic) bond motifs is 2. The number of non-ortho nitro benzene ring substituents is 1. The van der Waals surface area contributed by atoms with E-state index in [1.165, 1.54) is 34.6 Å². The molecule has 15 nitrogen and oxygen atoms in total. The van der Waals surface area contributed by atoms with Crippen LogP contribution in [0.5, 0.6) is 17.2 Å². The van der Waals surface area contributed by atoms with Gasteiger partial charge in [0.25, 0.3) is 5.69 Å². The van der Waals surface area contributed by atoms with Crippen molar-refractivity contribution in [3.05, 3.63) is 88.0 Å². The number of ether oxygens (including phenoxy) is 6. The van der Waals surface area contributed by atoms with Crippen LogP contribution >= 0.6 is 0 Å². The Morgan fingerprint density at radius 3 is 2.59 bits per heavy atom. The molecule has 0 radical (unpaired) electrons. The molecule has 274 valence electrons. The van der Waals surface area contributed by atoms with E-state index in [-0.39, 0.29) is 61.9 Å². The number of carbonyl (C=O) groups excluding carboxylic acids is 1. The maximum Gasteiger partial charge on any atom is 0.407 e. The summed E-state index contributed by atoms with van der Waals surface area (Å²) in [6.45, 7) is 4.30. The second-order valence-corrected chi connectivity index (χ2v) is 15.0. The Morgan fingerprint density at radius 1 is 1.04 bits per heavy atom. The van der Waals surface area contributed by atoms with Crippen molar-refractivity contribution in [1.82, 2.24) is 9.62 Å². The minimum Gasteiger partial charge on any atom is -0.489 e. The van der Waals surface area contributed by atoms with Gasteiger partial charge in [0, 0.05) is 31.3 Å². The van der Waals surface area contributed by atoms with Crippen molar-refractivity contribution in [2.75, 3.05) is 33.1 Å². The minimum absolute atomic E-state index is 0.0109. The first-order valence-electron chi connectivity index (χ1n) is 16.7. The van der Waals surface area contributed by atoms with Crippen LogP contribution in [0.2, 0.25) is 0 Å². The van der Waals surface area contributed by atoms with Crippen molar-refractivity contribution in [3.8, 4) is 17.2 Å². The van der Waals surface area contributed by atoms with Crippen LogP contribution in [0.4, 0.5) is 10.5 Å². The third kappa shape index (κ3) is 8.88. The fraction of sp³-hybridized carbons (Fsp3) is 0.457. The van der Waals surface area contributed by atoms with Gasteiger partial charge in [-0.15, -0.1) is 0 Å². The summed E-state index contributed by atoms with van der Waals surface area (Å²) in [6, 6.07) is 16.5. The van der Waals surface area contributed by atoms with E-state index in [2.05, 4.69) is 5.32 Å². The molecule has 0 aromatic heterocycles. The number of nitro groups is 1. The fourth-order valence-corrected chi connectivity index (χ4v) is 7.89. The lowest BCUT2D eigenvalue weighted by Gasteiger charge is -2.31. The van der Waals surface area contributed by atoms with Gasteiger partial charge in [-0.05, 0) is 54.2 Å². The van der Waals surface area contributed by atoms with Crippen LogP contribution < -0.4 is 19.5 Å². The molecule has 2 saturated heterocycles. The molecule has 2 fully saturated rings. The van der Waals surface area contributed by atoms with Crippen molar-refractivity contribution in [2.24, 2.45) is 11.8 Å². The molecule has 1 amide bonds. The normalized spacial score (nSPS) is 20.6. The second kappa shape index (κ2) is 15.8. The number of alkyl carbamates (subject to hydrolysis) is 1. The summed E-state index contributed by atoms with van der Waals surface area (Å²) in [5, 5.41) is 25.6. The maximum absolute atomic E-state index is 13.9. The number of nitrogens with one attached hydrogen (secondary N) is 1. The van der Waals surface area contributed by atoms with Crippen LogP contribution in [-0.2, 0) is 37.3 Å². The Morgan fingerprint density at radius 2 is 1.82 bits per heavy atom. The lowest BCUT2D eigenvalue weighted by Crippen LogP contribution is -2.51. The third-order valence-electron chi connectivity index (χ3n) is 8.86. The predicted molar refractivity (Wildman–Crippen MR) is 181 cm³/mol. The fourth-order valence-electron chi connectivity index (χ4n) is 6.26. The highest BCUT2D eigenvalue weighted by Gasteiger charge is 2.44. The molecule has 16 heteroatoms. The molecule has 3 aliphatic rings. The third-order valence-corrected chi connectivity index (χ3v) is 10.7. The molecule has 0 bridgehead atoms. The second-order valence-electron chi connectivity index (χ2n) is 13.1. The smallest absolute Gasteiger partial charge is 0.407 e. The zero-order chi connectivity index (χ0) is 36.1. The topological polar surface area (TPSA) is 185 Å². The van der Waals surface area contributed by atoms with Crippen molar-refractivity contribution in [2.45, 2.75) is 62.7 Å². The van der Waals surface area contributed by atoms with Crippen molar-refractivity contribution in [1.29, 1.82) is 0 Å². The predicted octanol–water partition coefficient (Wildman–Crippen LogP) is 4.01. The summed E-state index contributed by atoms with van der Waals surface area (Å²) in [5.41, 5.74) is 1.31. The number of aliphatic hydroxyl groups is 1. The summed E-state index contributed by atoms with van der Waals surface area (Å²) in [5.74, 6) is 1.07. The van der Waals surface area contributed by atoms with Crippen molar-refractivity contribution >= 4 is 21.8 Å². The molecule has 2 N–H and O–H groups in total. The van der Waals surface area contributed by atoms with Gasteiger partial charge in [0.15, 0.2) is 17.8 Å². The molecule has 0 aliphatic carbocycles. The maximum atomic E-state index is 13.9. The highest BCUT2D eigenvalue weighted by molar-refractivity contribution is 7.89. The molecule has 51 heavy (non-hydrogen) atoms. The quantitative estimate of drug-likeness (QED) is 0.170. The van der Waals surface area contributed by atoms with Gasteiger partial charge in [0.05, 0.1) is 41.1 Å². The first-order valence-corrected chi connectivity index (χ1v) is 18.1. The Labute approximate surface area is 295 Å². The lowest BCUT2D eigenvalue weighted by molar-refractivity contribution is -0.384. The van der Waals surface area contributed by atoms with E-state index in [0.29, 0.717) is 41.4 Å². The number of hydrogen-bond donors (Lipinski definition) is 2. The van der Waals surface area contributed by atoms with E-state index >= 15 is 0 Å². The van der Waals surface area contributed by atoms with E-state index < -0.39 is 45.6 Å². The van der Waals surface area contributed by atoms with Gasteiger partial charge in [-0.1, -0.05) is 38.1 Å². The monoisotopic (exact) mass is 727 g/mol. The number of hydrogen-bond acceptors (Lipinski definition) is 12. The summed E-state index contributed by atoms with van der Waals surface area (Å²) in [4.78, 5) is 23.9. The van der Waals surface area contributed by atoms with E-state index in [0.717, 1.165) is 0 Å². The van der Waals surface area contributed by atoms with Gasteiger partial charge < -0.3 is 38.8 Å². The standard InChI is InChI=1S/C35H41N3O12S/c1-22(2)17-37(51(43,44)27-10-11-31-32(16-27)49-21-48-31)18-30(39)29(36-35(40)50-33-20-47-34-28(33)12-13-45-34)15-23-6-8-26(9-7-23)46-19-24-4-3-5-25(14-24)38(41)42/h3-11,14,16,22,28-30,33-34,39H,12-13,15,17-21H2,1-2H3,(H,36,40)/t28?,29-,30+,33-,34+/m0/s1. The summed E-state index contributed by atoms with van der Waals surface area (Å²) in [7, 11) is -4.11. The van der Waals surface area contributed by atoms with Crippen molar-refractivity contribution in [3.63, 3.8) is 0 Å². The molecule has 0 saturated carbocycles.